The second-order valence-corrected chi connectivity index (χ2v) is 7.93. The lowest BCUT2D eigenvalue weighted by Gasteiger charge is -2.20. The number of hydrogen-bond acceptors (Lipinski definition) is 4. The molecule has 2 atom stereocenters. The number of halogens is 3. The molecule has 3 aliphatic rings. The minimum absolute atomic E-state index is 0.0167. The lowest BCUT2D eigenvalue weighted by atomic mass is 9.99. The van der Waals surface area contributed by atoms with Crippen molar-refractivity contribution in [1.82, 2.24) is 20.1 Å². The highest BCUT2D eigenvalue weighted by atomic mass is 19.4. The van der Waals surface area contributed by atoms with Gasteiger partial charge in [-0.15, -0.1) is 0 Å². The van der Waals surface area contributed by atoms with Crippen molar-refractivity contribution in [3.8, 4) is 5.82 Å². The number of fused-ring (bicyclic) bond motifs is 3. The summed E-state index contributed by atoms with van der Waals surface area (Å²) in [5, 5.41) is 18.2. The van der Waals surface area contributed by atoms with Crippen LogP contribution in [-0.4, -0.2) is 32.4 Å². The van der Waals surface area contributed by atoms with Gasteiger partial charge in [-0.25, -0.2) is 9.67 Å². The normalized spacial score (nSPS) is 24.7. The highest BCUT2D eigenvalue weighted by molar-refractivity contribution is 5.95. The minimum Gasteiger partial charge on any atom is -0.619 e. The molecule has 0 unspecified atom stereocenters. The summed E-state index contributed by atoms with van der Waals surface area (Å²) >= 11 is 0. The van der Waals surface area contributed by atoms with Gasteiger partial charge >= 0.3 is 6.18 Å². The first-order valence-corrected chi connectivity index (χ1v) is 9.35. The Kier molecular flexibility index (Phi) is 3.54. The number of nitrogens with one attached hydrogen (secondary N) is 1. The van der Waals surface area contributed by atoms with Gasteiger partial charge in [0.25, 0.3) is 5.91 Å². The molecule has 1 amide bonds. The third-order valence-electron chi connectivity index (χ3n) is 6.24. The van der Waals surface area contributed by atoms with Crippen LogP contribution in [0.5, 0.6) is 0 Å². The average molecular weight is 393 g/mol. The Balaban J connectivity index is 1.57. The van der Waals surface area contributed by atoms with E-state index in [9.17, 15) is 23.2 Å². The zero-order valence-electron chi connectivity index (χ0n) is 14.9. The van der Waals surface area contributed by atoms with Crippen molar-refractivity contribution in [2.75, 3.05) is 0 Å². The zero-order valence-corrected chi connectivity index (χ0v) is 14.9. The predicted octanol–water partition coefficient (Wildman–Crippen LogP) is 2.17. The Morgan fingerprint density at radius 3 is 2.82 bits per heavy atom. The number of amides is 1. The van der Waals surface area contributed by atoms with Gasteiger partial charge in [0.1, 0.15) is 5.54 Å². The van der Waals surface area contributed by atoms with E-state index in [0.29, 0.717) is 22.6 Å². The number of nitrogens with zero attached hydrogens (tertiary/aromatic N) is 4. The Bertz CT molecular complexity index is 967. The fraction of sp³-hybridized carbons (Fsp3) is 0.556. The van der Waals surface area contributed by atoms with Crippen LogP contribution >= 0.6 is 0 Å². The third-order valence-corrected chi connectivity index (χ3v) is 6.24. The molecule has 0 saturated heterocycles. The Morgan fingerprint density at radius 1 is 1.36 bits per heavy atom. The van der Waals surface area contributed by atoms with Crippen LogP contribution in [-0.2, 0) is 6.42 Å². The summed E-state index contributed by atoms with van der Waals surface area (Å²) in [6.07, 6.45) is 2.71. The maximum Gasteiger partial charge on any atom is 0.411 e. The summed E-state index contributed by atoms with van der Waals surface area (Å²) in [4.78, 5) is 16.9. The number of carbonyl (C=O) groups is 1. The molecule has 2 saturated carbocycles. The van der Waals surface area contributed by atoms with Crippen molar-refractivity contribution >= 4 is 5.91 Å². The molecule has 2 heterocycles. The van der Waals surface area contributed by atoms with Crippen LogP contribution in [0.15, 0.2) is 18.6 Å². The summed E-state index contributed by atoms with van der Waals surface area (Å²) in [6.45, 7) is 0. The lowest BCUT2D eigenvalue weighted by Crippen LogP contribution is -2.48. The van der Waals surface area contributed by atoms with Crippen LogP contribution in [0.3, 0.4) is 0 Å². The maximum absolute atomic E-state index is 13.3. The molecular formula is C18H18F3N5O2. The molecular weight excluding hydrogens is 375 g/mol. The van der Waals surface area contributed by atoms with Crippen molar-refractivity contribution in [2.45, 2.75) is 56.2 Å². The zero-order chi connectivity index (χ0) is 19.7. The average Bonchev–Trinajstić information content (AvgIpc) is 2.98. The van der Waals surface area contributed by atoms with E-state index in [1.165, 1.54) is 23.3 Å². The summed E-state index contributed by atoms with van der Waals surface area (Å²) in [5.74, 6) is -0.0110. The molecule has 10 heteroatoms. The Labute approximate surface area is 158 Å². The van der Waals surface area contributed by atoms with E-state index in [0.717, 1.165) is 25.0 Å². The Morgan fingerprint density at radius 2 is 2.14 bits per heavy atom. The summed E-state index contributed by atoms with van der Waals surface area (Å²) in [5.41, 5.74) is -0.627. The molecule has 0 aliphatic heterocycles. The van der Waals surface area contributed by atoms with Crippen LogP contribution in [0.2, 0.25) is 0 Å². The maximum atomic E-state index is 13.3. The van der Waals surface area contributed by atoms with E-state index in [1.54, 1.807) is 0 Å². The van der Waals surface area contributed by atoms with Crippen LogP contribution < -0.4 is 10.0 Å². The number of hydrogen-bond donors (Lipinski definition) is 1. The molecule has 5 rings (SSSR count). The molecule has 2 fully saturated rings. The predicted molar refractivity (Wildman–Crippen MR) is 89.6 cm³/mol. The molecule has 0 spiro atoms. The van der Waals surface area contributed by atoms with Gasteiger partial charge < -0.3 is 10.5 Å². The van der Waals surface area contributed by atoms with Crippen molar-refractivity contribution in [3.05, 3.63) is 40.7 Å². The van der Waals surface area contributed by atoms with E-state index < -0.39 is 17.6 Å². The van der Waals surface area contributed by atoms with E-state index in [4.69, 9.17) is 0 Å². The second-order valence-electron chi connectivity index (χ2n) is 7.93. The number of aromatic nitrogens is 4. The van der Waals surface area contributed by atoms with Gasteiger partial charge in [0, 0.05) is 11.5 Å². The molecule has 28 heavy (non-hydrogen) atoms. The largest absolute Gasteiger partial charge is 0.619 e. The van der Waals surface area contributed by atoms with Crippen molar-refractivity contribution in [3.63, 3.8) is 0 Å². The molecule has 1 N–H and O–H groups in total. The van der Waals surface area contributed by atoms with Gasteiger partial charge in [-0.1, -0.05) is 6.42 Å². The smallest absolute Gasteiger partial charge is 0.411 e. The monoisotopic (exact) mass is 393 g/mol. The highest BCUT2D eigenvalue weighted by Crippen LogP contribution is 2.51. The van der Waals surface area contributed by atoms with Gasteiger partial charge in [-0.2, -0.15) is 23.0 Å². The van der Waals surface area contributed by atoms with Crippen LogP contribution in [0.25, 0.3) is 5.82 Å². The molecule has 2 aromatic heterocycles. The third kappa shape index (κ3) is 2.50. The van der Waals surface area contributed by atoms with Gasteiger partial charge in [-0.3, -0.25) is 4.79 Å². The van der Waals surface area contributed by atoms with Crippen molar-refractivity contribution in [1.29, 1.82) is 0 Å². The van der Waals surface area contributed by atoms with Crippen LogP contribution in [0.1, 0.15) is 59.8 Å². The first kappa shape index (κ1) is 17.4. The van der Waals surface area contributed by atoms with Crippen molar-refractivity contribution in [2.24, 2.45) is 5.92 Å². The van der Waals surface area contributed by atoms with E-state index >= 15 is 0 Å². The van der Waals surface area contributed by atoms with Crippen molar-refractivity contribution < 1.29 is 22.7 Å². The first-order valence-electron chi connectivity index (χ1n) is 9.35. The number of rotatable bonds is 3. The summed E-state index contributed by atoms with van der Waals surface area (Å²) < 4.78 is 41.8. The molecule has 0 bridgehead atoms. The minimum atomic E-state index is -4.49. The molecule has 7 nitrogen and oxygen atoms in total. The van der Waals surface area contributed by atoms with Gasteiger partial charge in [0.05, 0.1) is 11.9 Å². The van der Waals surface area contributed by atoms with Crippen LogP contribution in [0.4, 0.5) is 13.2 Å². The first-order chi connectivity index (χ1) is 13.3. The SMILES string of the molecule is O=C(NC1(C(F)(F)F)CC1)c1nn(-c2c[n+]([O-])ccn2)c2c1C[C@@H]1CCC[C@H]21. The molecule has 0 radical (unpaired) electrons. The molecule has 2 aromatic rings. The van der Waals surface area contributed by atoms with E-state index in [2.05, 4.69) is 15.4 Å². The highest BCUT2D eigenvalue weighted by Gasteiger charge is 2.64. The fourth-order valence-corrected chi connectivity index (χ4v) is 4.66. The van der Waals surface area contributed by atoms with Gasteiger partial charge in [0.2, 0.25) is 12.0 Å². The summed E-state index contributed by atoms with van der Waals surface area (Å²) in [7, 11) is 0. The Hall–Kier alpha value is -2.65. The fourth-order valence-electron chi connectivity index (χ4n) is 4.66. The number of alkyl halides is 3. The van der Waals surface area contributed by atoms with Crippen LogP contribution in [0, 0.1) is 11.1 Å². The lowest BCUT2D eigenvalue weighted by molar-refractivity contribution is -0.605. The van der Waals surface area contributed by atoms with Gasteiger partial charge in [-0.05, 0) is 38.0 Å². The number of carbonyl (C=O) groups excluding carboxylic acids is 1. The van der Waals surface area contributed by atoms with E-state index in [-0.39, 0.29) is 30.3 Å². The second kappa shape index (κ2) is 5.68. The topological polar surface area (TPSA) is 86.8 Å². The van der Waals surface area contributed by atoms with Gasteiger partial charge in [0.15, 0.2) is 11.9 Å². The quantitative estimate of drug-likeness (QED) is 0.640. The molecule has 3 aliphatic carbocycles. The standard InChI is InChI=1S/C18H18F3N5O2/c19-18(20,21)17(4-5-17)23-16(27)14-12-8-10-2-1-3-11(10)15(12)26(24-14)13-9-25(28)7-6-22-13/h6-7,9-11H,1-5,8H2,(H,23,27)/t10-,11-/m0/s1. The molecule has 0 aromatic carbocycles. The van der Waals surface area contributed by atoms with E-state index in [1.807, 2.05) is 0 Å². The molecule has 148 valence electrons. The summed E-state index contributed by atoms with van der Waals surface area (Å²) in [6, 6.07) is 0.